The molecule has 0 fully saturated rings. The van der Waals surface area contributed by atoms with E-state index in [1.54, 1.807) is 12.1 Å². The van der Waals surface area contributed by atoms with Crippen molar-refractivity contribution in [2.24, 2.45) is 0 Å². The van der Waals surface area contributed by atoms with Crippen LogP contribution >= 0.6 is 35.0 Å². The second-order valence-electron chi connectivity index (χ2n) is 6.51. The molecule has 2 aromatic rings. The van der Waals surface area contributed by atoms with E-state index < -0.39 is 30.2 Å². The normalized spacial score (nSPS) is 12.7. The van der Waals surface area contributed by atoms with Crippen LogP contribution in [0.15, 0.2) is 41.3 Å². The van der Waals surface area contributed by atoms with E-state index in [1.807, 2.05) is 18.4 Å². The Kier molecular flexibility index (Phi) is 6.70. The monoisotopic (exact) mass is 465 g/mol. The van der Waals surface area contributed by atoms with Crippen molar-refractivity contribution in [3.8, 4) is 0 Å². The third kappa shape index (κ3) is 4.45. The number of rotatable bonds is 6. The molecule has 0 aromatic heterocycles. The highest BCUT2D eigenvalue weighted by Gasteiger charge is 2.38. The SMILES string of the molecule is CSc1ccccc1NC(=O)CN(C)C(=O)CN1C(=O)c2cc(Cl)c(Cl)cc2C1=O. The third-order valence-electron chi connectivity index (χ3n) is 4.49. The number of hydrogen-bond donors (Lipinski definition) is 1. The molecule has 30 heavy (non-hydrogen) atoms. The fraction of sp³-hybridized carbons (Fsp3) is 0.200. The molecular weight excluding hydrogens is 449 g/mol. The average molecular weight is 466 g/mol. The minimum absolute atomic E-state index is 0.0938. The van der Waals surface area contributed by atoms with E-state index in [9.17, 15) is 19.2 Å². The smallest absolute Gasteiger partial charge is 0.262 e. The summed E-state index contributed by atoms with van der Waals surface area (Å²) < 4.78 is 0. The Morgan fingerprint density at radius 3 is 2.20 bits per heavy atom. The minimum atomic E-state index is -0.631. The highest BCUT2D eigenvalue weighted by molar-refractivity contribution is 7.98. The van der Waals surface area contributed by atoms with Gasteiger partial charge >= 0.3 is 0 Å². The minimum Gasteiger partial charge on any atom is -0.335 e. The van der Waals surface area contributed by atoms with Crippen LogP contribution in [0, 0.1) is 0 Å². The largest absolute Gasteiger partial charge is 0.335 e. The molecule has 0 bridgehead atoms. The first-order chi connectivity index (χ1) is 14.2. The number of amides is 4. The number of fused-ring (bicyclic) bond motifs is 1. The van der Waals surface area contributed by atoms with E-state index in [-0.39, 0.29) is 27.7 Å². The van der Waals surface area contributed by atoms with Crippen LogP contribution in [-0.4, -0.2) is 59.8 Å². The Morgan fingerprint density at radius 1 is 1.07 bits per heavy atom. The quantitative estimate of drug-likeness (QED) is 0.521. The Bertz CT molecular complexity index is 1020. The van der Waals surface area contributed by atoms with Crippen LogP contribution in [0.2, 0.25) is 10.0 Å². The van der Waals surface area contributed by atoms with E-state index in [4.69, 9.17) is 23.2 Å². The van der Waals surface area contributed by atoms with E-state index in [0.29, 0.717) is 5.69 Å². The lowest BCUT2D eigenvalue weighted by molar-refractivity contribution is -0.133. The summed E-state index contributed by atoms with van der Waals surface area (Å²) in [4.78, 5) is 52.7. The van der Waals surface area contributed by atoms with Crippen LogP contribution in [0.25, 0.3) is 0 Å². The van der Waals surface area contributed by atoms with Gasteiger partial charge in [0.1, 0.15) is 6.54 Å². The number of likely N-dealkylation sites (N-methyl/N-ethyl adjacent to an activating group) is 1. The van der Waals surface area contributed by atoms with Gasteiger partial charge in [-0.3, -0.25) is 24.1 Å². The molecule has 7 nitrogen and oxygen atoms in total. The summed E-state index contributed by atoms with van der Waals surface area (Å²) in [6, 6.07) is 9.91. The zero-order valence-electron chi connectivity index (χ0n) is 16.1. The first-order valence-corrected chi connectivity index (χ1v) is 10.7. The number of carbonyl (C=O) groups is 4. The van der Waals surface area contributed by atoms with Crippen molar-refractivity contribution >= 4 is 64.3 Å². The Labute approximate surface area is 187 Å². The highest BCUT2D eigenvalue weighted by atomic mass is 35.5. The highest BCUT2D eigenvalue weighted by Crippen LogP contribution is 2.31. The van der Waals surface area contributed by atoms with E-state index in [2.05, 4.69) is 5.32 Å². The van der Waals surface area contributed by atoms with Gasteiger partial charge in [-0.1, -0.05) is 35.3 Å². The first-order valence-electron chi connectivity index (χ1n) is 8.75. The number of carbonyl (C=O) groups excluding carboxylic acids is 4. The van der Waals surface area contributed by atoms with Gasteiger partial charge in [0.15, 0.2) is 0 Å². The summed E-state index contributed by atoms with van der Waals surface area (Å²) in [5.74, 6) is -2.22. The van der Waals surface area contributed by atoms with Crippen LogP contribution in [0.1, 0.15) is 20.7 Å². The Morgan fingerprint density at radius 2 is 1.63 bits per heavy atom. The molecule has 1 N–H and O–H groups in total. The fourth-order valence-electron chi connectivity index (χ4n) is 2.92. The number of halogens is 2. The van der Waals surface area contributed by atoms with Gasteiger partial charge in [0.05, 0.1) is 33.4 Å². The summed E-state index contributed by atoms with van der Waals surface area (Å²) in [5, 5.41) is 3.04. The number of hydrogen-bond acceptors (Lipinski definition) is 5. The van der Waals surface area contributed by atoms with Crippen LogP contribution in [0.3, 0.4) is 0 Å². The summed E-state index contributed by atoms with van der Waals surface area (Å²) in [5.41, 5.74) is 0.831. The first kappa shape index (κ1) is 22.1. The molecule has 0 aliphatic carbocycles. The lowest BCUT2D eigenvalue weighted by atomic mass is 10.1. The molecule has 0 unspecified atom stereocenters. The third-order valence-corrected chi connectivity index (χ3v) is 6.01. The van der Waals surface area contributed by atoms with Gasteiger partial charge in [-0.25, -0.2) is 0 Å². The number of nitrogens with zero attached hydrogens (tertiary/aromatic N) is 2. The van der Waals surface area contributed by atoms with Crippen molar-refractivity contribution in [3.05, 3.63) is 57.6 Å². The van der Waals surface area contributed by atoms with Crippen LogP contribution in [0.5, 0.6) is 0 Å². The second kappa shape index (κ2) is 9.07. The molecule has 10 heteroatoms. The number of thioether (sulfide) groups is 1. The van der Waals surface area contributed by atoms with Crippen LogP contribution in [0.4, 0.5) is 5.69 Å². The van der Waals surface area contributed by atoms with Crippen molar-refractivity contribution in [2.75, 3.05) is 31.7 Å². The maximum absolute atomic E-state index is 12.5. The van der Waals surface area contributed by atoms with Crippen molar-refractivity contribution in [1.29, 1.82) is 0 Å². The molecule has 0 spiro atoms. The molecule has 1 heterocycles. The van der Waals surface area contributed by atoms with Gasteiger partial charge in [-0.05, 0) is 30.5 Å². The van der Waals surface area contributed by atoms with Gasteiger partial charge in [-0.15, -0.1) is 11.8 Å². The van der Waals surface area contributed by atoms with Gasteiger partial charge in [0.2, 0.25) is 11.8 Å². The van der Waals surface area contributed by atoms with Crippen molar-refractivity contribution in [2.45, 2.75) is 4.90 Å². The summed E-state index contributed by atoms with van der Waals surface area (Å²) in [6.07, 6.45) is 1.89. The zero-order valence-corrected chi connectivity index (χ0v) is 18.4. The lowest BCUT2D eigenvalue weighted by Gasteiger charge is -2.20. The van der Waals surface area contributed by atoms with Gasteiger partial charge in [0, 0.05) is 11.9 Å². The average Bonchev–Trinajstić information content (AvgIpc) is 2.93. The Balaban J connectivity index is 1.64. The predicted octanol–water partition coefficient (Wildman–Crippen LogP) is 3.41. The fourth-order valence-corrected chi connectivity index (χ4v) is 3.81. The van der Waals surface area contributed by atoms with Crippen LogP contribution in [-0.2, 0) is 9.59 Å². The topological polar surface area (TPSA) is 86.8 Å². The molecule has 0 saturated carbocycles. The number of imide groups is 1. The zero-order chi connectivity index (χ0) is 22.0. The molecule has 2 aromatic carbocycles. The van der Waals surface area contributed by atoms with Crippen molar-refractivity contribution < 1.29 is 19.2 Å². The molecule has 156 valence electrons. The lowest BCUT2D eigenvalue weighted by Crippen LogP contribution is -2.43. The molecule has 0 saturated heterocycles. The number of para-hydroxylation sites is 1. The van der Waals surface area contributed by atoms with Crippen molar-refractivity contribution in [3.63, 3.8) is 0 Å². The number of nitrogens with one attached hydrogen (secondary N) is 1. The van der Waals surface area contributed by atoms with Gasteiger partial charge in [0.25, 0.3) is 11.8 Å². The Hall–Kier alpha value is -2.55. The number of anilines is 1. The second-order valence-corrected chi connectivity index (χ2v) is 8.17. The standard InChI is InChI=1S/C20H17Cl2N3O4S/c1-24(9-17(26)23-15-5-3-4-6-16(15)30-2)18(27)10-25-19(28)11-7-13(21)14(22)8-12(11)20(25)29/h3-8H,9-10H2,1-2H3,(H,23,26). The molecule has 1 aliphatic heterocycles. The van der Waals surface area contributed by atoms with Gasteiger partial charge in [-0.2, -0.15) is 0 Å². The van der Waals surface area contributed by atoms with Crippen molar-refractivity contribution in [1.82, 2.24) is 9.80 Å². The maximum Gasteiger partial charge on any atom is 0.262 e. The number of benzene rings is 2. The van der Waals surface area contributed by atoms with E-state index in [0.717, 1.165) is 14.7 Å². The summed E-state index contributed by atoms with van der Waals surface area (Å²) >= 11 is 13.3. The van der Waals surface area contributed by atoms with Crippen LogP contribution < -0.4 is 5.32 Å². The molecule has 1 aliphatic rings. The molecule has 0 atom stereocenters. The predicted molar refractivity (Wildman–Crippen MR) is 116 cm³/mol. The molecule has 3 rings (SSSR count). The summed E-state index contributed by atoms with van der Waals surface area (Å²) in [7, 11) is 1.42. The van der Waals surface area contributed by atoms with E-state index in [1.165, 1.54) is 30.9 Å². The van der Waals surface area contributed by atoms with E-state index >= 15 is 0 Å². The summed E-state index contributed by atoms with van der Waals surface area (Å²) in [6.45, 7) is -0.727. The maximum atomic E-state index is 12.5. The molecule has 0 radical (unpaired) electrons. The van der Waals surface area contributed by atoms with Gasteiger partial charge < -0.3 is 10.2 Å². The molecular formula is C20H17Cl2N3O4S. The molecule has 4 amide bonds.